The molecule has 2 heterocycles. The van der Waals surface area contributed by atoms with E-state index in [0.29, 0.717) is 11.4 Å². The summed E-state index contributed by atoms with van der Waals surface area (Å²) in [6.45, 7) is 0.738. The predicted molar refractivity (Wildman–Crippen MR) is 109 cm³/mol. The fourth-order valence-electron chi connectivity index (χ4n) is 3.86. The number of nitro groups is 1. The van der Waals surface area contributed by atoms with Gasteiger partial charge >= 0.3 is 0 Å². The topological polar surface area (TPSA) is 81.3 Å². The van der Waals surface area contributed by atoms with Crippen LogP contribution in [0.3, 0.4) is 0 Å². The molecule has 1 aliphatic heterocycles. The van der Waals surface area contributed by atoms with Crippen LogP contribution in [-0.2, 0) is 6.42 Å². The Morgan fingerprint density at radius 3 is 2.76 bits per heavy atom. The van der Waals surface area contributed by atoms with E-state index in [-0.39, 0.29) is 17.6 Å². The van der Waals surface area contributed by atoms with Gasteiger partial charge in [0, 0.05) is 30.9 Å². The zero-order valence-corrected chi connectivity index (χ0v) is 16.0. The Bertz CT molecular complexity index is 1020. The van der Waals surface area contributed by atoms with Crippen LogP contribution >= 0.6 is 0 Å². The number of hydrogen-bond donors (Lipinski definition) is 0. The molecule has 0 bridgehead atoms. The second kappa shape index (κ2) is 8.26. The van der Waals surface area contributed by atoms with Gasteiger partial charge in [-0.3, -0.25) is 14.9 Å². The minimum absolute atomic E-state index is 0.00797. The molecule has 1 unspecified atom stereocenters. The first-order valence-corrected chi connectivity index (χ1v) is 9.77. The van der Waals surface area contributed by atoms with E-state index in [0.717, 1.165) is 32.2 Å². The monoisotopic (exact) mass is 390 g/mol. The van der Waals surface area contributed by atoms with Gasteiger partial charge in [0.15, 0.2) is 5.69 Å². The van der Waals surface area contributed by atoms with Gasteiger partial charge in [-0.25, -0.2) is 4.68 Å². The molecule has 0 spiro atoms. The quantitative estimate of drug-likeness (QED) is 0.470. The Labute approximate surface area is 168 Å². The van der Waals surface area contributed by atoms with Crippen molar-refractivity contribution in [1.29, 1.82) is 0 Å². The minimum atomic E-state index is -0.444. The van der Waals surface area contributed by atoms with Crippen molar-refractivity contribution in [2.75, 3.05) is 6.54 Å². The largest absolute Gasteiger partial charge is 0.334 e. The number of carbonyl (C=O) groups is 1. The van der Waals surface area contributed by atoms with Crippen molar-refractivity contribution in [2.45, 2.75) is 31.7 Å². The maximum absolute atomic E-state index is 13.0. The van der Waals surface area contributed by atoms with Crippen LogP contribution in [-0.4, -0.2) is 38.1 Å². The zero-order valence-electron chi connectivity index (χ0n) is 16.0. The first kappa shape index (κ1) is 18.9. The van der Waals surface area contributed by atoms with Crippen LogP contribution in [0.25, 0.3) is 5.69 Å². The van der Waals surface area contributed by atoms with E-state index in [2.05, 4.69) is 17.2 Å². The van der Waals surface area contributed by atoms with Crippen LogP contribution in [0.5, 0.6) is 0 Å². The lowest BCUT2D eigenvalue weighted by molar-refractivity contribution is -0.384. The molecule has 2 aromatic carbocycles. The molecule has 0 aliphatic carbocycles. The number of aryl methyl sites for hydroxylation is 1. The number of amides is 1. The van der Waals surface area contributed by atoms with Gasteiger partial charge in [-0.2, -0.15) is 5.10 Å². The summed E-state index contributed by atoms with van der Waals surface area (Å²) in [4.78, 5) is 25.5. The Hall–Kier alpha value is -3.48. The third-order valence-corrected chi connectivity index (χ3v) is 5.36. The maximum atomic E-state index is 13.0. The Morgan fingerprint density at radius 2 is 1.97 bits per heavy atom. The average molecular weight is 390 g/mol. The van der Waals surface area contributed by atoms with Crippen LogP contribution in [0.1, 0.15) is 35.3 Å². The van der Waals surface area contributed by atoms with Crippen molar-refractivity contribution in [3.8, 4) is 5.69 Å². The zero-order chi connectivity index (χ0) is 20.2. The second-order valence-electron chi connectivity index (χ2n) is 7.24. The van der Waals surface area contributed by atoms with Crippen LogP contribution in [0, 0.1) is 10.1 Å². The summed E-state index contributed by atoms with van der Waals surface area (Å²) in [7, 11) is 0. The number of benzene rings is 2. The van der Waals surface area contributed by atoms with E-state index < -0.39 is 4.92 Å². The number of carbonyl (C=O) groups excluding carboxylic acids is 1. The van der Waals surface area contributed by atoms with E-state index in [1.54, 1.807) is 24.4 Å². The highest BCUT2D eigenvalue weighted by Gasteiger charge is 2.30. The fourth-order valence-corrected chi connectivity index (χ4v) is 3.86. The number of non-ortho nitro benzene ring substituents is 1. The van der Waals surface area contributed by atoms with Gasteiger partial charge in [0.05, 0.1) is 10.6 Å². The molecule has 7 heteroatoms. The minimum Gasteiger partial charge on any atom is -0.334 e. The summed E-state index contributed by atoms with van der Waals surface area (Å²) in [5.41, 5.74) is 2.19. The molecular formula is C22H22N4O3. The molecule has 3 aromatic rings. The smallest absolute Gasteiger partial charge is 0.274 e. The number of likely N-dealkylation sites (tertiary alicyclic amines) is 1. The van der Waals surface area contributed by atoms with Gasteiger partial charge in [0.25, 0.3) is 11.6 Å². The fraction of sp³-hybridized carbons (Fsp3) is 0.273. The van der Waals surface area contributed by atoms with E-state index in [1.807, 2.05) is 23.1 Å². The van der Waals surface area contributed by atoms with Crippen LogP contribution < -0.4 is 0 Å². The molecule has 0 saturated carbocycles. The van der Waals surface area contributed by atoms with Crippen molar-refractivity contribution >= 4 is 11.6 Å². The molecule has 7 nitrogen and oxygen atoms in total. The van der Waals surface area contributed by atoms with E-state index in [9.17, 15) is 14.9 Å². The third kappa shape index (κ3) is 4.18. The second-order valence-corrected chi connectivity index (χ2v) is 7.24. The molecule has 1 aliphatic rings. The molecule has 0 radical (unpaired) electrons. The molecule has 29 heavy (non-hydrogen) atoms. The molecule has 1 atom stereocenters. The lowest BCUT2D eigenvalue weighted by Gasteiger charge is -2.24. The normalized spacial score (nSPS) is 16.1. The SMILES string of the molecule is O=C(c1ccn(-c2cccc([N+](=O)[O-])c2)n1)N1CCCC1CCc1ccccc1. The number of hydrogen-bond acceptors (Lipinski definition) is 4. The highest BCUT2D eigenvalue weighted by atomic mass is 16.6. The molecule has 4 rings (SSSR count). The number of aromatic nitrogens is 2. The number of nitrogens with zero attached hydrogens (tertiary/aromatic N) is 4. The first-order chi connectivity index (χ1) is 14.1. The molecule has 1 fully saturated rings. The van der Waals surface area contributed by atoms with E-state index in [4.69, 9.17) is 0 Å². The summed E-state index contributed by atoms with van der Waals surface area (Å²) in [6.07, 6.45) is 5.54. The van der Waals surface area contributed by atoms with Crippen molar-refractivity contribution in [2.24, 2.45) is 0 Å². The van der Waals surface area contributed by atoms with Crippen LogP contribution in [0.15, 0.2) is 66.9 Å². The number of rotatable bonds is 6. The van der Waals surface area contributed by atoms with Gasteiger partial charge in [-0.15, -0.1) is 0 Å². The standard InChI is InChI=1S/C22H22N4O3/c27-22(24-14-5-10-18(24)12-11-17-6-2-1-3-7-17)21-13-15-25(23-21)19-8-4-9-20(16-19)26(28)29/h1-4,6-9,13,15-16,18H,5,10-12,14H2. The number of nitro benzene ring substituents is 1. The molecule has 148 valence electrons. The molecular weight excluding hydrogens is 368 g/mol. The average Bonchev–Trinajstić information content (AvgIpc) is 3.42. The summed E-state index contributed by atoms with van der Waals surface area (Å²) >= 11 is 0. The molecule has 1 aromatic heterocycles. The summed E-state index contributed by atoms with van der Waals surface area (Å²) in [5, 5.41) is 15.4. The summed E-state index contributed by atoms with van der Waals surface area (Å²) < 4.78 is 1.51. The Balaban J connectivity index is 1.46. The predicted octanol–water partition coefficient (Wildman–Crippen LogP) is 4.02. The lowest BCUT2D eigenvalue weighted by atomic mass is 10.0. The Kier molecular flexibility index (Phi) is 5.37. The highest BCUT2D eigenvalue weighted by molar-refractivity contribution is 5.92. The first-order valence-electron chi connectivity index (χ1n) is 9.77. The van der Waals surface area contributed by atoms with E-state index >= 15 is 0 Å². The third-order valence-electron chi connectivity index (χ3n) is 5.36. The van der Waals surface area contributed by atoms with Crippen molar-refractivity contribution < 1.29 is 9.72 Å². The van der Waals surface area contributed by atoms with Crippen molar-refractivity contribution in [3.05, 3.63) is 88.2 Å². The van der Waals surface area contributed by atoms with E-state index in [1.165, 1.54) is 22.4 Å². The van der Waals surface area contributed by atoms with Gasteiger partial charge in [-0.05, 0) is 43.4 Å². The van der Waals surface area contributed by atoms with Gasteiger partial charge in [0.1, 0.15) is 0 Å². The highest BCUT2D eigenvalue weighted by Crippen LogP contribution is 2.24. The van der Waals surface area contributed by atoms with Gasteiger partial charge in [0.2, 0.25) is 0 Å². The summed E-state index contributed by atoms with van der Waals surface area (Å²) in [6, 6.07) is 18.4. The summed E-state index contributed by atoms with van der Waals surface area (Å²) in [5.74, 6) is -0.0789. The van der Waals surface area contributed by atoms with Gasteiger partial charge in [-0.1, -0.05) is 36.4 Å². The molecule has 1 saturated heterocycles. The molecule has 0 N–H and O–H groups in total. The van der Waals surface area contributed by atoms with Gasteiger partial charge < -0.3 is 4.90 Å². The molecule has 1 amide bonds. The maximum Gasteiger partial charge on any atom is 0.274 e. The van der Waals surface area contributed by atoms with Crippen molar-refractivity contribution in [1.82, 2.24) is 14.7 Å². The lowest BCUT2D eigenvalue weighted by Crippen LogP contribution is -2.36. The van der Waals surface area contributed by atoms with Crippen LogP contribution in [0.4, 0.5) is 5.69 Å². The van der Waals surface area contributed by atoms with Crippen LogP contribution in [0.2, 0.25) is 0 Å². The Morgan fingerprint density at radius 1 is 1.14 bits per heavy atom. The van der Waals surface area contributed by atoms with Crippen molar-refractivity contribution in [3.63, 3.8) is 0 Å².